The molecule has 0 aliphatic heterocycles. The number of rotatable bonds is 1. The molecule has 0 aliphatic rings. The molecule has 0 spiro atoms. The molecule has 0 aromatic rings. The van der Waals surface area contributed by atoms with Gasteiger partial charge in [-0.05, 0) is 0 Å². The smallest absolute Gasteiger partial charge is 0.806 e. The summed E-state index contributed by atoms with van der Waals surface area (Å²) in [5, 5.41) is 7.62. The summed E-state index contributed by atoms with van der Waals surface area (Å²) in [6.45, 7) is -0.250. The average Bonchev–Trinajstić information content (AvgIpc) is 1.37. The second-order valence-corrected chi connectivity index (χ2v) is 0.447. The number of aliphatic hydroxyl groups excluding tert-OH is 1. The van der Waals surface area contributed by atoms with Gasteiger partial charge in [0.05, 0.1) is 0 Å². The molecule has 0 rings (SSSR count). The Hall–Kier alpha value is 0.920. The molecule has 0 heterocycles. The maximum absolute atomic E-state index is 7.62. The summed E-state index contributed by atoms with van der Waals surface area (Å²) in [4.78, 5) is 0. The molecule has 1 radical (unpaired) electrons. The van der Waals surface area contributed by atoms with Crippen LogP contribution >= 0.6 is 0 Å². The second kappa shape index (κ2) is 8.87. The van der Waals surface area contributed by atoms with Gasteiger partial charge in [0.2, 0.25) is 0 Å². The maximum atomic E-state index is 7.62. The summed E-state index contributed by atoms with van der Waals surface area (Å²) in [5.41, 5.74) is 7.62. The Labute approximate surface area is 53.7 Å². The zero-order chi connectivity index (χ0) is 3.41. The van der Waals surface area contributed by atoms with Gasteiger partial charge in [0.1, 0.15) is 0 Å². The van der Waals surface area contributed by atoms with Gasteiger partial charge in [0.25, 0.3) is 0 Å². The van der Waals surface area contributed by atoms with Crippen molar-refractivity contribution in [2.24, 2.45) is 0 Å². The van der Waals surface area contributed by atoms with E-state index in [2.05, 4.69) is 0 Å². The van der Waals surface area contributed by atoms with Gasteiger partial charge < -0.3 is 10.8 Å². The predicted octanol–water partition coefficient (Wildman–Crippen LogP) is -3.18. The zero-order valence-electron chi connectivity index (χ0n) is 3.31. The summed E-state index contributed by atoms with van der Waals surface area (Å²) in [7, 11) is 0. The number of hydrogen-bond donors (Lipinski definition) is 1. The van der Waals surface area contributed by atoms with Crippen molar-refractivity contribution < 1.29 is 34.7 Å². The standard InChI is InChI=1S/C2H5NO.Na/c3-1-2-4;/h4H,1-2H2;/q-1;+1. The molecule has 5 heavy (non-hydrogen) atoms. The quantitative estimate of drug-likeness (QED) is 0.333. The van der Waals surface area contributed by atoms with E-state index in [0.717, 1.165) is 0 Å². The van der Waals surface area contributed by atoms with Gasteiger partial charge in [0, 0.05) is 6.61 Å². The van der Waals surface area contributed by atoms with Crippen LogP contribution in [0.2, 0.25) is 0 Å². The molecule has 0 saturated heterocycles. The fourth-order valence-corrected chi connectivity index (χ4v) is 0. The minimum atomic E-state index is -0.125. The van der Waals surface area contributed by atoms with E-state index in [1.165, 1.54) is 0 Å². The minimum absolute atomic E-state index is 0. The number of hydrogen-bond acceptors (Lipinski definition) is 1. The van der Waals surface area contributed by atoms with Crippen LogP contribution in [0.3, 0.4) is 0 Å². The molecule has 0 saturated carbocycles. The van der Waals surface area contributed by atoms with E-state index >= 15 is 0 Å². The van der Waals surface area contributed by atoms with E-state index in [9.17, 15) is 0 Å². The van der Waals surface area contributed by atoms with Crippen molar-refractivity contribution >= 4 is 0 Å². The van der Waals surface area contributed by atoms with Crippen LogP contribution in [0.4, 0.5) is 0 Å². The van der Waals surface area contributed by atoms with E-state index in [1.54, 1.807) is 0 Å². The molecular weight excluding hydrogens is 77.0 g/mol. The minimum Gasteiger partial charge on any atom is -0.806 e. The molecule has 1 N–H and O–H groups in total. The van der Waals surface area contributed by atoms with Crippen LogP contribution in [0.1, 0.15) is 0 Å². The Bertz CT molecular complexity index is 11.6. The monoisotopic (exact) mass is 82.0 g/mol. The topological polar surface area (TPSA) is 42.5 Å². The third-order valence-corrected chi connectivity index (χ3v) is 0.1000. The van der Waals surface area contributed by atoms with Crippen LogP contribution in [-0.2, 0) is 0 Å². The molecule has 0 bridgehead atoms. The molecule has 0 amide bonds. The molecule has 0 atom stereocenters. The molecule has 0 aromatic heterocycles. The summed E-state index contributed by atoms with van der Waals surface area (Å²) in [6, 6.07) is 0. The van der Waals surface area contributed by atoms with Crippen LogP contribution in [0.25, 0.3) is 5.73 Å². The van der Waals surface area contributed by atoms with Crippen LogP contribution in [-0.4, -0.2) is 18.3 Å². The van der Waals surface area contributed by atoms with Crippen molar-refractivity contribution in [2.75, 3.05) is 13.2 Å². The third-order valence-electron chi connectivity index (χ3n) is 0.1000. The van der Waals surface area contributed by atoms with Gasteiger partial charge in [0.15, 0.2) is 0 Å². The zero-order valence-corrected chi connectivity index (χ0v) is 5.31. The Morgan fingerprint density at radius 2 is 1.80 bits per heavy atom. The van der Waals surface area contributed by atoms with E-state index in [-0.39, 0.29) is 42.7 Å². The van der Waals surface area contributed by atoms with Crippen LogP contribution in [0, 0.1) is 0 Å². The van der Waals surface area contributed by atoms with Gasteiger partial charge in [-0.2, -0.15) is 0 Å². The average molecular weight is 82.1 g/mol. The molecule has 0 unspecified atom stereocenters. The summed E-state index contributed by atoms with van der Waals surface area (Å²) < 4.78 is 0. The molecule has 3 heteroatoms. The van der Waals surface area contributed by atoms with Crippen LogP contribution < -0.4 is 29.6 Å². The van der Waals surface area contributed by atoms with E-state index in [0.29, 0.717) is 0 Å². The molecule has 0 aliphatic carbocycles. The molecular formula is C2H5NNaO. The first-order chi connectivity index (χ1) is 1.91. The summed E-state index contributed by atoms with van der Waals surface area (Å²) >= 11 is 0. The first-order valence-electron chi connectivity index (χ1n) is 1.13. The predicted molar refractivity (Wildman–Crippen MR) is 15.3 cm³/mol. The number of aliphatic hydroxyl groups is 1. The van der Waals surface area contributed by atoms with Crippen molar-refractivity contribution in [3.63, 3.8) is 0 Å². The van der Waals surface area contributed by atoms with Crippen molar-refractivity contribution in [1.82, 2.24) is 0 Å². The summed E-state index contributed by atoms with van der Waals surface area (Å²) in [5.74, 6) is 0. The van der Waals surface area contributed by atoms with Crippen LogP contribution in [0.15, 0.2) is 0 Å². The van der Waals surface area contributed by atoms with Crippen LogP contribution in [0.5, 0.6) is 0 Å². The number of nitrogens with zero attached hydrogens (tertiary/aromatic N) is 1. The van der Waals surface area contributed by atoms with E-state index in [4.69, 9.17) is 10.8 Å². The van der Waals surface area contributed by atoms with E-state index in [1.807, 2.05) is 0 Å². The van der Waals surface area contributed by atoms with Gasteiger partial charge in [-0.1, -0.05) is 0 Å². The Morgan fingerprint density at radius 3 is 1.80 bits per heavy atom. The Morgan fingerprint density at radius 1 is 1.60 bits per heavy atom. The molecule has 0 aromatic carbocycles. The van der Waals surface area contributed by atoms with Crippen molar-refractivity contribution in [3.05, 3.63) is 5.73 Å². The SMILES string of the molecule is [N-]CCO.[Na+]. The maximum Gasteiger partial charge on any atom is 1.00 e. The Balaban J connectivity index is 0. The van der Waals surface area contributed by atoms with Gasteiger partial charge in [-0.15, -0.1) is 6.54 Å². The second-order valence-electron chi connectivity index (χ2n) is 0.447. The van der Waals surface area contributed by atoms with Crippen molar-refractivity contribution in [1.29, 1.82) is 0 Å². The molecule has 0 fully saturated rings. The first kappa shape index (κ1) is 9.33. The molecule has 2 nitrogen and oxygen atoms in total. The van der Waals surface area contributed by atoms with Gasteiger partial charge in [-0.25, -0.2) is 0 Å². The normalized spacial score (nSPS) is 6.00. The molecule has 25 valence electrons. The van der Waals surface area contributed by atoms with Crippen molar-refractivity contribution in [2.45, 2.75) is 0 Å². The first-order valence-corrected chi connectivity index (χ1v) is 1.13. The third kappa shape index (κ3) is 11.4. The summed E-state index contributed by atoms with van der Waals surface area (Å²) in [6.07, 6.45) is 0. The van der Waals surface area contributed by atoms with Gasteiger partial charge >= 0.3 is 29.6 Å². The van der Waals surface area contributed by atoms with Gasteiger partial charge in [-0.3, -0.25) is 0 Å². The van der Waals surface area contributed by atoms with E-state index < -0.39 is 0 Å². The fourth-order valence-electron chi connectivity index (χ4n) is 0. The fraction of sp³-hybridized carbons (Fsp3) is 1.00. The Kier molecular flexibility index (Phi) is 16.5. The largest absolute Gasteiger partial charge is 1.00 e. The van der Waals surface area contributed by atoms with Crippen molar-refractivity contribution in [3.8, 4) is 0 Å².